The molecule has 1 aromatic heterocycles. The number of thiophene rings is 1. The third kappa shape index (κ3) is 4.35. The maximum Gasteiger partial charge on any atom is 0.348 e. The summed E-state index contributed by atoms with van der Waals surface area (Å²) in [6.45, 7) is 2.77. The number of carbonyl (C=O) groups excluding carboxylic acids is 4. The lowest BCUT2D eigenvalue weighted by molar-refractivity contribution is -0.127. The van der Waals surface area contributed by atoms with Crippen molar-refractivity contribution in [3.05, 3.63) is 39.2 Å². The van der Waals surface area contributed by atoms with Gasteiger partial charge in [-0.05, 0) is 37.6 Å². The number of amides is 2. The van der Waals surface area contributed by atoms with Crippen LogP contribution in [0.3, 0.4) is 0 Å². The minimum Gasteiger partial charge on any atom is -0.479 e. The van der Waals surface area contributed by atoms with E-state index in [-0.39, 0.29) is 22.0 Å². The normalized spacial score (nSPS) is 15.1. The number of rotatable bonds is 5. The summed E-state index contributed by atoms with van der Waals surface area (Å²) in [5, 5.41) is 3.09. The first kappa shape index (κ1) is 22.6. The van der Waals surface area contributed by atoms with Crippen LogP contribution in [0.15, 0.2) is 18.2 Å². The lowest BCUT2D eigenvalue weighted by atomic mass is 10.1. The molecule has 0 fully saturated rings. The maximum absolute atomic E-state index is 12.8. The van der Waals surface area contributed by atoms with E-state index in [2.05, 4.69) is 5.32 Å². The van der Waals surface area contributed by atoms with Crippen LogP contribution in [0.1, 0.15) is 32.5 Å². The van der Waals surface area contributed by atoms with E-state index in [0.717, 1.165) is 11.3 Å². The number of ether oxygens (including phenoxy) is 3. The average Bonchev–Trinajstić information content (AvgIpc) is 3.06. The predicted octanol–water partition coefficient (Wildman–Crippen LogP) is 3.04. The van der Waals surface area contributed by atoms with Crippen molar-refractivity contribution in [1.29, 1.82) is 0 Å². The Labute approximate surface area is 186 Å². The second-order valence-corrected chi connectivity index (χ2v) is 8.05. The number of nitrogens with one attached hydrogen (secondary N) is 1. The van der Waals surface area contributed by atoms with Crippen molar-refractivity contribution in [3.63, 3.8) is 0 Å². The van der Waals surface area contributed by atoms with Crippen LogP contribution < -0.4 is 15.0 Å². The van der Waals surface area contributed by atoms with E-state index in [9.17, 15) is 19.2 Å². The number of anilines is 2. The second kappa shape index (κ2) is 8.94. The molecular weight excluding hydrogens is 448 g/mol. The van der Waals surface area contributed by atoms with Gasteiger partial charge in [-0.3, -0.25) is 14.5 Å². The van der Waals surface area contributed by atoms with E-state index in [1.54, 1.807) is 26.0 Å². The van der Waals surface area contributed by atoms with Crippen molar-refractivity contribution in [1.82, 2.24) is 0 Å². The lowest BCUT2D eigenvalue weighted by Gasteiger charge is -2.32. The van der Waals surface area contributed by atoms with E-state index in [1.165, 1.54) is 25.2 Å². The molecule has 1 aromatic carbocycles. The summed E-state index contributed by atoms with van der Waals surface area (Å²) in [6.07, 6.45) is -0.790. The number of hydrogen-bond acceptors (Lipinski definition) is 8. The molecule has 0 radical (unpaired) electrons. The fraction of sp³-hybridized carbons (Fsp3) is 0.300. The summed E-state index contributed by atoms with van der Waals surface area (Å²) in [4.78, 5) is 51.1. The molecule has 164 valence electrons. The summed E-state index contributed by atoms with van der Waals surface area (Å²) < 4.78 is 15.1. The van der Waals surface area contributed by atoms with Crippen LogP contribution in [-0.2, 0) is 19.1 Å². The first-order valence-corrected chi connectivity index (χ1v) is 10.2. The van der Waals surface area contributed by atoms with E-state index in [4.69, 9.17) is 25.8 Å². The molecule has 1 aliphatic rings. The molecule has 1 unspecified atom stereocenters. The third-order valence-corrected chi connectivity index (χ3v) is 6.01. The van der Waals surface area contributed by atoms with E-state index >= 15 is 0 Å². The van der Waals surface area contributed by atoms with Gasteiger partial charge in [-0.25, -0.2) is 9.59 Å². The van der Waals surface area contributed by atoms with Crippen molar-refractivity contribution in [2.75, 3.05) is 31.0 Å². The highest BCUT2D eigenvalue weighted by atomic mass is 35.5. The zero-order chi connectivity index (χ0) is 22.9. The van der Waals surface area contributed by atoms with Crippen LogP contribution in [-0.4, -0.2) is 50.6 Å². The Morgan fingerprint density at radius 2 is 1.90 bits per heavy atom. The molecule has 0 aliphatic carbocycles. The summed E-state index contributed by atoms with van der Waals surface area (Å²) in [7, 11) is 2.41. The van der Waals surface area contributed by atoms with Crippen molar-refractivity contribution in [2.24, 2.45) is 0 Å². The number of carbonyl (C=O) groups is 4. The highest BCUT2D eigenvalue weighted by Gasteiger charge is 2.34. The van der Waals surface area contributed by atoms with Crippen LogP contribution in [0.5, 0.6) is 5.75 Å². The molecule has 31 heavy (non-hydrogen) atoms. The second-order valence-electron chi connectivity index (χ2n) is 6.59. The van der Waals surface area contributed by atoms with Crippen molar-refractivity contribution in [3.8, 4) is 5.75 Å². The number of hydrogen-bond donors (Lipinski definition) is 1. The minimum absolute atomic E-state index is 0.0476. The van der Waals surface area contributed by atoms with Crippen LogP contribution >= 0.6 is 22.9 Å². The molecule has 2 aromatic rings. The fourth-order valence-corrected chi connectivity index (χ4v) is 4.39. The van der Waals surface area contributed by atoms with E-state index in [1.807, 2.05) is 0 Å². The number of nitrogens with zero attached hydrogens (tertiary/aromatic N) is 1. The van der Waals surface area contributed by atoms with Gasteiger partial charge in [-0.2, -0.15) is 0 Å². The molecule has 9 nitrogen and oxygen atoms in total. The van der Waals surface area contributed by atoms with Gasteiger partial charge < -0.3 is 19.5 Å². The van der Waals surface area contributed by atoms with Gasteiger partial charge in [0.25, 0.3) is 5.91 Å². The van der Waals surface area contributed by atoms with Gasteiger partial charge in [0.1, 0.15) is 22.2 Å². The maximum atomic E-state index is 12.8. The largest absolute Gasteiger partial charge is 0.479 e. The summed E-state index contributed by atoms with van der Waals surface area (Å²) in [6, 6.07) is 4.76. The quantitative estimate of drug-likeness (QED) is 0.674. The van der Waals surface area contributed by atoms with Crippen molar-refractivity contribution >= 4 is 57.4 Å². The number of methoxy groups -OCH3 is 2. The van der Waals surface area contributed by atoms with Crippen LogP contribution in [0.4, 0.5) is 10.7 Å². The molecule has 0 saturated heterocycles. The van der Waals surface area contributed by atoms with Gasteiger partial charge >= 0.3 is 11.9 Å². The molecule has 1 atom stereocenters. The predicted molar refractivity (Wildman–Crippen MR) is 114 cm³/mol. The summed E-state index contributed by atoms with van der Waals surface area (Å²) >= 11 is 6.93. The Morgan fingerprint density at radius 1 is 1.23 bits per heavy atom. The Kier molecular flexibility index (Phi) is 6.51. The summed E-state index contributed by atoms with van der Waals surface area (Å²) in [5.41, 5.74) is 0.732. The number of benzene rings is 1. The monoisotopic (exact) mass is 466 g/mol. The highest BCUT2D eigenvalue weighted by molar-refractivity contribution is 7.18. The molecule has 0 saturated carbocycles. The first-order chi connectivity index (χ1) is 14.7. The Bertz CT molecular complexity index is 1080. The fourth-order valence-electron chi connectivity index (χ4n) is 3.09. The zero-order valence-corrected chi connectivity index (χ0v) is 18.7. The standard InChI is InChI=1S/C20H19ClN2O7S/c1-9-15(19(26)28-3)17(31-16(9)20(27)29-4)22-14(24)8-23-12-7-11(21)5-6-13(12)30-10(2)18(23)25/h5-7,10H,8H2,1-4H3,(H,22,24). The molecule has 1 N–H and O–H groups in total. The zero-order valence-electron chi connectivity index (χ0n) is 17.1. The number of halogens is 1. The van der Waals surface area contributed by atoms with Gasteiger partial charge in [0.15, 0.2) is 6.10 Å². The number of esters is 2. The topological polar surface area (TPSA) is 111 Å². The smallest absolute Gasteiger partial charge is 0.348 e. The van der Waals surface area contributed by atoms with Gasteiger partial charge in [-0.1, -0.05) is 11.6 Å². The van der Waals surface area contributed by atoms with Gasteiger partial charge in [-0.15, -0.1) is 11.3 Å². The molecule has 11 heteroatoms. The highest BCUT2D eigenvalue weighted by Crippen LogP contribution is 2.37. The van der Waals surface area contributed by atoms with E-state index in [0.29, 0.717) is 22.0 Å². The average molecular weight is 467 g/mol. The SMILES string of the molecule is COC(=O)c1sc(NC(=O)CN2C(=O)C(C)Oc3ccc(Cl)cc32)c(C(=O)OC)c1C. The molecule has 3 rings (SSSR count). The Morgan fingerprint density at radius 3 is 2.55 bits per heavy atom. The molecule has 2 amide bonds. The van der Waals surface area contributed by atoms with Gasteiger partial charge in [0.05, 0.1) is 25.5 Å². The van der Waals surface area contributed by atoms with Gasteiger partial charge in [0, 0.05) is 5.02 Å². The molecule has 1 aliphatic heterocycles. The van der Waals surface area contributed by atoms with Gasteiger partial charge in [0.2, 0.25) is 5.91 Å². The Balaban J connectivity index is 1.91. The van der Waals surface area contributed by atoms with Crippen LogP contribution in [0.25, 0.3) is 0 Å². The van der Waals surface area contributed by atoms with Crippen molar-refractivity contribution < 1.29 is 33.4 Å². The first-order valence-electron chi connectivity index (χ1n) is 9.05. The summed E-state index contributed by atoms with van der Waals surface area (Å²) in [5.74, 6) is -1.95. The number of fused-ring (bicyclic) bond motifs is 1. The molecular formula is C20H19ClN2O7S. The van der Waals surface area contributed by atoms with Crippen LogP contribution in [0.2, 0.25) is 5.02 Å². The molecule has 2 heterocycles. The molecule has 0 spiro atoms. The lowest BCUT2D eigenvalue weighted by Crippen LogP contribution is -2.47. The molecule has 0 bridgehead atoms. The van der Waals surface area contributed by atoms with Crippen LogP contribution in [0, 0.1) is 6.92 Å². The van der Waals surface area contributed by atoms with E-state index < -0.39 is 29.9 Å². The Hall–Kier alpha value is -3.11. The van der Waals surface area contributed by atoms with Crippen molar-refractivity contribution in [2.45, 2.75) is 20.0 Å². The third-order valence-electron chi connectivity index (χ3n) is 4.59. The minimum atomic E-state index is -0.790.